The Kier molecular flexibility index (Phi) is 2.72. The van der Waals surface area contributed by atoms with E-state index in [1.807, 2.05) is 54.6 Å². The van der Waals surface area contributed by atoms with E-state index < -0.39 is 5.41 Å². The van der Waals surface area contributed by atoms with Gasteiger partial charge in [-0.3, -0.25) is 4.79 Å². The maximum Gasteiger partial charge on any atom is 0.320 e. The number of rotatable bonds is 3. The first-order chi connectivity index (χ1) is 10.8. The van der Waals surface area contributed by atoms with Crippen molar-refractivity contribution < 1.29 is 9.53 Å². The van der Waals surface area contributed by atoms with Crippen molar-refractivity contribution in [1.82, 2.24) is 20.2 Å². The molecule has 0 saturated heterocycles. The highest BCUT2D eigenvalue weighted by Gasteiger charge is 2.72. The number of hydrogen-bond donors (Lipinski definition) is 0. The van der Waals surface area contributed by atoms with Gasteiger partial charge in [-0.1, -0.05) is 42.5 Å². The zero-order chi connectivity index (χ0) is 15.2. The molecule has 2 aliphatic rings. The number of esters is 1. The summed E-state index contributed by atoms with van der Waals surface area (Å²) in [6.45, 7) is 0. The van der Waals surface area contributed by atoms with Crippen LogP contribution in [0.5, 0.6) is 0 Å². The Labute approximate surface area is 127 Å². The van der Waals surface area contributed by atoms with Gasteiger partial charge in [-0.15, -0.1) is 5.10 Å². The number of aromatic nitrogens is 4. The Hall–Kier alpha value is -2.76. The highest BCUT2D eigenvalue weighted by molar-refractivity contribution is 5.89. The second-order valence-electron chi connectivity index (χ2n) is 5.43. The summed E-state index contributed by atoms with van der Waals surface area (Å²) in [7, 11) is 1.40. The van der Waals surface area contributed by atoms with Crippen molar-refractivity contribution in [2.24, 2.45) is 11.8 Å². The second kappa shape index (κ2) is 4.62. The summed E-state index contributed by atoms with van der Waals surface area (Å²) in [5.41, 5.74) is -0.0141. The van der Waals surface area contributed by atoms with E-state index in [2.05, 4.69) is 15.5 Å². The largest absolute Gasteiger partial charge is 0.468 e. The van der Waals surface area contributed by atoms with Gasteiger partial charge in [-0.05, 0) is 22.6 Å². The third-order valence-electron chi connectivity index (χ3n) is 4.44. The standard InChI is InChI=1S/C16H14N4O2/c1-22-15(21)16(12-9-5-6-10-13(12)16)14-17-18-19-20(14)11-7-3-2-4-8-11/h2-10,12-13H,1H3/t12-,13+,16?. The molecule has 1 fully saturated rings. The lowest BCUT2D eigenvalue weighted by Crippen LogP contribution is -2.29. The maximum absolute atomic E-state index is 12.5. The van der Waals surface area contributed by atoms with Gasteiger partial charge in [-0.2, -0.15) is 4.68 Å². The number of allylic oxidation sites excluding steroid dienone is 4. The molecule has 2 aromatic rings. The Bertz CT molecular complexity index is 760. The molecule has 2 aliphatic carbocycles. The van der Waals surface area contributed by atoms with Crippen LogP contribution in [0.4, 0.5) is 0 Å². The van der Waals surface area contributed by atoms with Gasteiger partial charge in [0.15, 0.2) is 5.82 Å². The van der Waals surface area contributed by atoms with E-state index in [1.54, 1.807) is 4.68 Å². The molecule has 1 aromatic heterocycles. The van der Waals surface area contributed by atoms with E-state index in [0.29, 0.717) is 5.82 Å². The predicted molar refractivity (Wildman–Crippen MR) is 78.1 cm³/mol. The Morgan fingerprint density at radius 1 is 1.18 bits per heavy atom. The third-order valence-corrected chi connectivity index (χ3v) is 4.44. The van der Waals surface area contributed by atoms with Crippen molar-refractivity contribution >= 4 is 5.97 Å². The summed E-state index contributed by atoms with van der Waals surface area (Å²) >= 11 is 0. The first kappa shape index (κ1) is 12.9. The lowest BCUT2D eigenvalue weighted by Gasteiger charge is -2.14. The molecule has 110 valence electrons. The molecular formula is C16H14N4O2. The third kappa shape index (κ3) is 1.55. The number of methoxy groups -OCH3 is 1. The van der Waals surface area contributed by atoms with Gasteiger partial charge in [0.25, 0.3) is 0 Å². The monoisotopic (exact) mass is 294 g/mol. The van der Waals surface area contributed by atoms with Crippen molar-refractivity contribution in [2.75, 3.05) is 7.11 Å². The molecule has 0 aliphatic heterocycles. The molecule has 4 rings (SSSR count). The Morgan fingerprint density at radius 3 is 2.50 bits per heavy atom. The highest BCUT2D eigenvalue weighted by Crippen LogP contribution is 2.62. The van der Waals surface area contributed by atoms with Crippen molar-refractivity contribution in [3.63, 3.8) is 0 Å². The molecule has 6 heteroatoms. The predicted octanol–water partition coefficient (Wildman–Crippen LogP) is 1.45. The molecule has 1 heterocycles. The molecule has 1 aromatic carbocycles. The fourth-order valence-electron chi connectivity index (χ4n) is 3.37. The molecule has 1 saturated carbocycles. The summed E-state index contributed by atoms with van der Waals surface area (Å²) in [6.07, 6.45) is 7.93. The van der Waals surface area contributed by atoms with E-state index in [0.717, 1.165) is 5.69 Å². The minimum atomic E-state index is -0.836. The summed E-state index contributed by atoms with van der Waals surface area (Å²) in [6, 6.07) is 9.55. The number of carbonyl (C=O) groups excluding carboxylic acids is 1. The smallest absolute Gasteiger partial charge is 0.320 e. The van der Waals surface area contributed by atoms with E-state index >= 15 is 0 Å². The number of carbonyl (C=O) groups is 1. The van der Waals surface area contributed by atoms with Crippen molar-refractivity contribution in [1.29, 1.82) is 0 Å². The maximum atomic E-state index is 12.5. The molecule has 0 N–H and O–H groups in total. The van der Waals surface area contributed by atoms with Crippen LogP contribution in [-0.2, 0) is 14.9 Å². The fourth-order valence-corrected chi connectivity index (χ4v) is 3.37. The molecule has 0 spiro atoms. The molecular weight excluding hydrogens is 280 g/mol. The van der Waals surface area contributed by atoms with Crippen molar-refractivity contribution in [3.8, 4) is 5.69 Å². The molecule has 0 bridgehead atoms. The topological polar surface area (TPSA) is 69.9 Å². The quantitative estimate of drug-likeness (QED) is 0.801. The number of nitrogens with zero attached hydrogens (tertiary/aromatic N) is 4. The summed E-state index contributed by atoms with van der Waals surface area (Å²) in [5, 5.41) is 12.0. The Balaban J connectivity index is 1.87. The van der Waals surface area contributed by atoms with E-state index in [9.17, 15) is 4.79 Å². The zero-order valence-corrected chi connectivity index (χ0v) is 12.0. The molecule has 6 nitrogen and oxygen atoms in total. The number of para-hydroxylation sites is 1. The summed E-state index contributed by atoms with van der Waals surface area (Å²) in [5.74, 6) is 0.305. The van der Waals surface area contributed by atoms with Gasteiger partial charge in [0, 0.05) is 11.8 Å². The molecule has 22 heavy (non-hydrogen) atoms. The Morgan fingerprint density at radius 2 is 1.86 bits per heavy atom. The number of fused-ring (bicyclic) bond motifs is 1. The normalized spacial score (nSPS) is 28.2. The lowest BCUT2D eigenvalue weighted by atomic mass is 10.0. The SMILES string of the molecule is COC(=O)C1(c2nnnn2-c2ccccc2)[C@@H]2C=CC=C[C@@H]21. The number of ether oxygens (including phenoxy) is 1. The minimum Gasteiger partial charge on any atom is -0.468 e. The van der Waals surface area contributed by atoms with Crippen LogP contribution >= 0.6 is 0 Å². The van der Waals surface area contributed by atoms with E-state index in [-0.39, 0.29) is 17.8 Å². The summed E-state index contributed by atoms with van der Waals surface area (Å²) in [4.78, 5) is 12.5. The van der Waals surface area contributed by atoms with Gasteiger partial charge in [-0.25, -0.2) is 0 Å². The summed E-state index contributed by atoms with van der Waals surface area (Å²) < 4.78 is 6.69. The lowest BCUT2D eigenvalue weighted by molar-refractivity contribution is -0.144. The second-order valence-corrected chi connectivity index (χ2v) is 5.43. The molecule has 3 atom stereocenters. The highest BCUT2D eigenvalue weighted by atomic mass is 16.5. The van der Waals surface area contributed by atoms with E-state index in [1.165, 1.54) is 7.11 Å². The van der Waals surface area contributed by atoms with Crippen molar-refractivity contribution in [3.05, 3.63) is 60.5 Å². The average Bonchev–Trinajstić information content (AvgIpc) is 3.00. The first-order valence-electron chi connectivity index (χ1n) is 7.08. The van der Waals surface area contributed by atoms with Crippen molar-refractivity contribution in [2.45, 2.75) is 5.41 Å². The van der Waals surface area contributed by atoms with Crippen LogP contribution in [0.25, 0.3) is 5.69 Å². The fraction of sp³-hybridized carbons (Fsp3) is 0.250. The minimum absolute atomic E-state index is 0.0402. The van der Waals surface area contributed by atoms with Crippen LogP contribution in [0.15, 0.2) is 54.6 Å². The molecule has 1 unspecified atom stereocenters. The number of hydrogen-bond acceptors (Lipinski definition) is 5. The average molecular weight is 294 g/mol. The zero-order valence-electron chi connectivity index (χ0n) is 12.0. The van der Waals surface area contributed by atoms with Gasteiger partial charge >= 0.3 is 5.97 Å². The van der Waals surface area contributed by atoms with Gasteiger partial charge in [0.1, 0.15) is 5.41 Å². The van der Waals surface area contributed by atoms with Crippen LogP contribution in [0.3, 0.4) is 0 Å². The van der Waals surface area contributed by atoms with Crippen LogP contribution in [-0.4, -0.2) is 33.3 Å². The van der Waals surface area contributed by atoms with Gasteiger partial charge in [0.2, 0.25) is 0 Å². The molecule has 0 radical (unpaired) electrons. The van der Waals surface area contributed by atoms with Crippen LogP contribution in [0, 0.1) is 11.8 Å². The van der Waals surface area contributed by atoms with Crippen LogP contribution < -0.4 is 0 Å². The number of benzene rings is 1. The first-order valence-corrected chi connectivity index (χ1v) is 7.08. The van der Waals surface area contributed by atoms with E-state index in [4.69, 9.17) is 4.74 Å². The van der Waals surface area contributed by atoms with Crippen LogP contribution in [0.1, 0.15) is 5.82 Å². The van der Waals surface area contributed by atoms with Gasteiger partial charge < -0.3 is 4.74 Å². The number of tetrazole rings is 1. The van der Waals surface area contributed by atoms with Gasteiger partial charge in [0.05, 0.1) is 12.8 Å². The molecule has 0 amide bonds. The van der Waals surface area contributed by atoms with Crippen LogP contribution in [0.2, 0.25) is 0 Å².